The van der Waals surface area contributed by atoms with Crippen LogP contribution in [0.4, 0.5) is 0 Å². The summed E-state index contributed by atoms with van der Waals surface area (Å²) < 4.78 is 6.65. The highest BCUT2D eigenvalue weighted by atomic mass is 16.5. The molecule has 102 valence electrons. The van der Waals surface area contributed by atoms with Gasteiger partial charge in [-0.1, -0.05) is 25.9 Å². The van der Waals surface area contributed by atoms with E-state index in [0.29, 0.717) is 17.3 Å². The molecule has 0 aliphatic carbocycles. The monoisotopic (exact) mass is 262 g/mol. The molecular formula is C13H18N4O2. The Hall–Kier alpha value is -1.95. The first kappa shape index (κ1) is 13.5. The number of hydrogen-bond donors (Lipinski definition) is 1. The Morgan fingerprint density at radius 1 is 1.42 bits per heavy atom. The molecule has 19 heavy (non-hydrogen) atoms. The van der Waals surface area contributed by atoms with Gasteiger partial charge in [0.15, 0.2) is 5.82 Å². The van der Waals surface area contributed by atoms with Crippen LogP contribution >= 0.6 is 0 Å². The Kier molecular flexibility index (Phi) is 3.28. The zero-order chi connectivity index (χ0) is 14.2. The standard InChI is InChI=1S/C13H18N4O2/c1-13(2,3)10(14)11-15-12(19-16-11)8-5-6-17(4)9(18)7-8/h5-7,10H,14H2,1-4H3. The van der Waals surface area contributed by atoms with Crippen molar-refractivity contribution >= 4 is 0 Å². The molecule has 0 fully saturated rings. The van der Waals surface area contributed by atoms with Gasteiger partial charge in [-0.3, -0.25) is 4.79 Å². The molecule has 2 aromatic heterocycles. The second-order valence-corrected chi connectivity index (χ2v) is 5.67. The van der Waals surface area contributed by atoms with Gasteiger partial charge in [0.05, 0.1) is 6.04 Å². The lowest BCUT2D eigenvalue weighted by Crippen LogP contribution is -2.27. The highest BCUT2D eigenvalue weighted by Gasteiger charge is 2.27. The first-order chi connectivity index (χ1) is 8.79. The number of aryl methyl sites for hydroxylation is 1. The van der Waals surface area contributed by atoms with Crippen LogP contribution in [0.15, 0.2) is 27.6 Å². The molecule has 0 spiro atoms. The molecule has 0 aromatic carbocycles. The van der Waals surface area contributed by atoms with Crippen molar-refractivity contribution in [3.63, 3.8) is 0 Å². The molecule has 0 aliphatic heterocycles. The molecule has 0 radical (unpaired) electrons. The zero-order valence-electron chi connectivity index (χ0n) is 11.5. The molecular weight excluding hydrogens is 244 g/mol. The van der Waals surface area contributed by atoms with Crippen molar-refractivity contribution in [2.75, 3.05) is 0 Å². The highest BCUT2D eigenvalue weighted by molar-refractivity contribution is 5.51. The van der Waals surface area contributed by atoms with Gasteiger partial charge in [0.1, 0.15) is 0 Å². The minimum absolute atomic E-state index is 0.127. The molecule has 0 saturated carbocycles. The number of nitrogens with two attached hydrogens (primary N) is 1. The third-order valence-electron chi connectivity index (χ3n) is 3.00. The summed E-state index contributed by atoms with van der Waals surface area (Å²) in [5.41, 5.74) is 6.38. The summed E-state index contributed by atoms with van der Waals surface area (Å²) in [6.07, 6.45) is 1.66. The second-order valence-electron chi connectivity index (χ2n) is 5.67. The van der Waals surface area contributed by atoms with Crippen molar-refractivity contribution in [1.29, 1.82) is 0 Å². The second kappa shape index (κ2) is 4.62. The molecule has 6 heteroatoms. The van der Waals surface area contributed by atoms with Crippen LogP contribution in [0.25, 0.3) is 11.5 Å². The Balaban J connectivity index is 2.36. The van der Waals surface area contributed by atoms with Crippen LogP contribution < -0.4 is 11.3 Å². The average Bonchev–Trinajstić information content (AvgIpc) is 2.79. The van der Waals surface area contributed by atoms with Crippen molar-refractivity contribution in [1.82, 2.24) is 14.7 Å². The molecule has 0 amide bonds. The summed E-state index contributed by atoms with van der Waals surface area (Å²) in [5, 5.41) is 3.89. The van der Waals surface area contributed by atoms with Crippen LogP contribution in [0.2, 0.25) is 0 Å². The van der Waals surface area contributed by atoms with Crippen molar-refractivity contribution in [3.05, 3.63) is 34.5 Å². The largest absolute Gasteiger partial charge is 0.334 e. The van der Waals surface area contributed by atoms with Crippen LogP contribution in [-0.2, 0) is 7.05 Å². The SMILES string of the molecule is Cn1ccc(-c2nc(C(N)C(C)(C)C)no2)cc1=O. The van der Waals surface area contributed by atoms with Gasteiger partial charge >= 0.3 is 0 Å². The maximum Gasteiger partial charge on any atom is 0.258 e. The quantitative estimate of drug-likeness (QED) is 0.885. The fourth-order valence-corrected chi connectivity index (χ4v) is 1.55. The first-order valence-electron chi connectivity index (χ1n) is 6.05. The normalized spacial score (nSPS) is 13.5. The Labute approximate surface area is 111 Å². The van der Waals surface area contributed by atoms with Crippen LogP contribution in [-0.4, -0.2) is 14.7 Å². The molecule has 2 N–H and O–H groups in total. The summed E-state index contributed by atoms with van der Waals surface area (Å²) in [6.45, 7) is 6.02. The van der Waals surface area contributed by atoms with Crippen LogP contribution in [0.3, 0.4) is 0 Å². The first-order valence-corrected chi connectivity index (χ1v) is 6.05. The van der Waals surface area contributed by atoms with Crippen molar-refractivity contribution < 1.29 is 4.52 Å². The van der Waals surface area contributed by atoms with Crippen LogP contribution in [0.1, 0.15) is 32.6 Å². The van der Waals surface area contributed by atoms with E-state index in [1.54, 1.807) is 19.3 Å². The van der Waals surface area contributed by atoms with E-state index < -0.39 is 0 Å². The Morgan fingerprint density at radius 3 is 2.68 bits per heavy atom. The maximum atomic E-state index is 11.6. The molecule has 1 unspecified atom stereocenters. The van der Waals surface area contributed by atoms with E-state index in [1.165, 1.54) is 10.6 Å². The van der Waals surface area contributed by atoms with E-state index in [-0.39, 0.29) is 17.0 Å². The van der Waals surface area contributed by atoms with E-state index in [9.17, 15) is 4.79 Å². The van der Waals surface area contributed by atoms with Crippen LogP contribution in [0.5, 0.6) is 0 Å². The third-order valence-corrected chi connectivity index (χ3v) is 3.00. The smallest absolute Gasteiger partial charge is 0.258 e. The number of nitrogens with zero attached hydrogens (tertiary/aromatic N) is 3. The average molecular weight is 262 g/mol. The highest BCUT2D eigenvalue weighted by Crippen LogP contribution is 2.29. The van der Waals surface area contributed by atoms with Gasteiger partial charge in [0.2, 0.25) is 0 Å². The molecule has 6 nitrogen and oxygen atoms in total. The molecule has 2 aromatic rings. The lowest BCUT2D eigenvalue weighted by molar-refractivity contribution is 0.303. The number of aromatic nitrogens is 3. The summed E-state index contributed by atoms with van der Waals surface area (Å²) in [4.78, 5) is 15.8. The van der Waals surface area contributed by atoms with E-state index in [2.05, 4.69) is 10.1 Å². The summed E-state index contributed by atoms with van der Waals surface area (Å²) >= 11 is 0. The van der Waals surface area contributed by atoms with Gasteiger partial charge in [-0.2, -0.15) is 4.98 Å². The van der Waals surface area contributed by atoms with Gasteiger partial charge in [-0.25, -0.2) is 0 Å². The summed E-state index contributed by atoms with van der Waals surface area (Å²) in [7, 11) is 1.68. The Morgan fingerprint density at radius 2 is 2.11 bits per heavy atom. The lowest BCUT2D eigenvalue weighted by Gasteiger charge is -2.23. The van der Waals surface area contributed by atoms with E-state index in [1.807, 2.05) is 20.8 Å². The fraction of sp³-hybridized carbons (Fsp3) is 0.462. The molecule has 0 bridgehead atoms. The maximum absolute atomic E-state index is 11.6. The third kappa shape index (κ3) is 2.73. The van der Waals surface area contributed by atoms with Crippen LogP contribution in [0, 0.1) is 5.41 Å². The molecule has 0 saturated heterocycles. The van der Waals surface area contributed by atoms with E-state index in [4.69, 9.17) is 10.3 Å². The van der Waals surface area contributed by atoms with Gasteiger partial charge in [0.25, 0.3) is 11.4 Å². The molecule has 2 rings (SSSR count). The van der Waals surface area contributed by atoms with Gasteiger partial charge in [-0.05, 0) is 11.5 Å². The van der Waals surface area contributed by atoms with E-state index in [0.717, 1.165) is 0 Å². The fourth-order valence-electron chi connectivity index (χ4n) is 1.55. The minimum atomic E-state index is -0.323. The molecule has 0 aliphatic rings. The number of rotatable bonds is 2. The molecule has 1 atom stereocenters. The van der Waals surface area contributed by atoms with Gasteiger partial charge in [0, 0.05) is 24.9 Å². The zero-order valence-corrected chi connectivity index (χ0v) is 11.5. The topological polar surface area (TPSA) is 86.9 Å². The summed E-state index contributed by atoms with van der Waals surface area (Å²) in [5.74, 6) is 0.760. The predicted octanol–water partition coefficient (Wildman–Crippen LogP) is 1.48. The van der Waals surface area contributed by atoms with Crippen molar-refractivity contribution in [3.8, 4) is 11.5 Å². The Bertz CT molecular complexity index is 637. The lowest BCUT2D eigenvalue weighted by atomic mass is 9.87. The minimum Gasteiger partial charge on any atom is -0.334 e. The van der Waals surface area contributed by atoms with Gasteiger partial charge < -0.3 is 14.8 Å². The van der Waals surface area contributed by atoms with Gasteiger partial charge in [-0.15, -0.1) is 0 Å². The van der Waals surface area contributed by atoms with Crippen molar-refractivity contribution in [2.24, 2.45) is 18.2 Å². The van der Waals surface area contributed by atoms with Crippen molar-refractivity contribution in [2.45, 2.75) is 26.8 Å². The predicted molar refractivity (Wildman–Crippen MR) is 71.4 cm³/mol. The number of hydrogen-bond acceptors (Lipinski definition) is 5. The summed E-state index contributed by atoms with van der Waals surface area (Å²) in [6, 6.07) is 2.89. The number of pyridine rings is 1. The molecule has 2 heterocycles. The van der Waals surface area contributed by atoms with E-state index >= 15 is 0 Å².